The molecule has 0 aromatic heterocycles. The summed E-state index contributed by atoms with van der Waals surface area (Å²) in [5.74, 6) is -0.336. The monoisotopic (exact) mass is 406 g/mol. The van der Waals surface area contributed by atoms with Crippen LogP contribution in [0.25, 0.3) is 0 Å². The molecule has 0 atom stereocenters. The fourth-order valence-electron chi connectivity index (χ4n) is 1.89. The Morgan fingerprint density at radius 3 is 2.40 bits per heavy atom. The van der Waals surface area contributed by atoms with Crippen LogP contribution in [0.3, 0.4) is 0 Å². The van der Waals surface area contributed by atoms with Crippen molar-refractivity contribution in [2.45, 2.75) is 15.7 Å². The molecule has 0 amide bonds. The minimum absolute atomic E-state index is 0.0592. The number of nitrogens with zero attached hydrogens (tertiary/aromatic N) is 2. The van der Waals surface area contributed by atoms with Crippen LogP contribution in [-0.2, 0) is 5.88 Å². The van der Waals surface area contributed by atoms with Gasteiger partial charge in [0.1, 0.15) is 11.5 Å². The van der Waals surface area contributed by atoms with Gasteiger partial charge in [-0.05, 0) is 40.2 Å². The lowest BCUT2D eigenvalue weighted by molar-refractivity contribution is 0.399. The fraction of sp³-hybridized carbons (Fsp3) is 0.200. The Morgan fingerprint density at radius 2 is 1.88 bits per heavy atom. The summed E-state index contributed by atoms with van der Waals surface area (Å²) in [5.41, 5.74) is 0.154. The average Bonchev–Trinajstić information content (AvgIpc) is 2.64. The van der Waals surface area contributed by atoms with Crippen LogP contribution in [0.2, 0.25) is 5.02 Å². The van der Waals surface area contributed by atoms with E-state index in [4.69, 9.17) is 33.0 Å². The van der Waals surface area contributed by atoms with Crippen molar-refractivity contribution in [2.24, 2.45) is 10.4 Å². The zero-order valence-corrected chi connectivity index (χ0v) is 15.5. The lowest BCUT2D eigenvalue weighted by Crippen LogP contribution is -1.90. The van der Waals surface area contributed by atoms with Gasteiger partial charge in [0.15, 0.2) is 11.4 Å². The Labute approximate surface area is 157 Å². The van der Waals surface area contributed by atoms with E-state index in [1.54, 1.807) is 0 Å². The second-order valence-corrected chi connectivity index (χ2v) is 6.05. The van der Waals surface area contributed by atoms with Gasteiger partial charge in [0.05, 0.1) is 12.1 Å². The second kappa shape index (κ2) is 10.3. The number of aliphatic hydroxyl groups excluding tert-OH is 1. The topological polar surface area (TPSA) is 88.3 Å². The first-order valence-corrected chi connectivity index (χ1v) is 8.32. The molecular weight excluding hydrogens is 394 g/mol. The lowest BCUT2D eigenvalue weighted by atomic mass is 10.2. The molecule has 0 heterocycles. The highest BCUT2D eigenvalue weighted by molar-refractivity contribution is 7.99. The van der Waals surface area contributed by atoms with Crippen LogP contribution >= 0.6 is 35.0 Å². The van der Waals surface area contributed by atoms with Crippen LogP contribution < -0.4 is 4.74 Å². The molecule has 10 heteroatoms. The SMILES string of the molecule is CO.COc1cc(Sc2c(Cl)cc(F)cc2CCl)cc(N=O)c1N=O. The molecule has 2 aromatic rings. The van der Waals surface area contributed by atoms with Crippen LogP contribution in [0.1, 0.15) is 5.56 Å². The summed E-state index contributed by atoms with van der Waals surface area (Å²) in [6.07, 6.45) is 0. The molecule has 0 bridgehead atoms. The standard InChI is InChI=1S/C14H9Cl2FN2O3S.CH4O/c1-22-12-5-9(4-11(18-20)13(12)19-21)23-14-7(6-15)2-8(17)3-10(14)16;1-2/h2-5H,6H2,1H3;2H,1H3. The van der Waals surface area contributed by atoms with Gasteiger partial charge in [-0.2, -0.15) is 0 Å². The van der Waals surface area contributed by atoms with Gasteiger partial charge in [0, 0.05) is 22.8 Å². The van der Waals surface area contributed by atoms with Crippen LogP contribution in [0, 0.1) is 15.6 Å². The Morgan fingerprint density at radius 1 is 1.20 bits per heavy atom. The Bertz CT molecular complexity index is 778. The number of aliphatic hydroxyl groups is 1. The van der Waals surface area contributed by atoms with Crippen LogP contribution in [0.5, 0.6) is 5.75 Å². The molecule has 0 spiro atoms. The van der Waals surface area contributed by atoms with Gasteiger partial charge < -0.3 is 9.84 Å². The van der Waals surface area contributed by atoms with E-state index in [9.17, 15) is 14.2 Å². The zero-order valence-electron chi connectivity index (χ0n) is 13.1. The minimum Gasteiger partial charge on any atom is -0.494 e. The maximum Gasteiger partial charge on any atom is 0.179 e. The highest BCUT2D eigenvalue weighted by Crippen LogP contribution is 2.45. The molecule has 2 aromatic carbocycles. The highest BCUT2D eigenvalue weighted by Gasteiger charge is 2.17. The van der Waals surface area contributed by atoms with E-state index < -0.39 is 5.82 Å². The largest absolute Gasteiger partial charge is 0.494 e. The maximum absolute atomic E-state index is 13.4. The number of nitroso groups, excluding NO2 is 2. The quantitative estimate of drug-likeness (QED) is 0.484. The molecule has 0 aliphatic carbocycles. The van der Waals surface area contributed by atoms with E-state index in [-0.39, 0.29) is 28.0 Å². The van der Waals surface area contributed by atoms with Crippen LogP contribution in [0.15, 0.2) is 44.4 Å². The van der Waals surface area contributed by atoms with Crippen LogP contribution in [0.4, 0.5) is 15.8 Å². The van der Waals surface area contributed by atoms with E-state index in [0.29, 0.717) is 15.4 Å². The second-order valence-electron chi connectivity index (χ2n) is 4.29. The summed E-state index contributed by atoms with van der Waals surface area (Å²) in [4.78, 5) is 22.7. The minimum atomic E-state index is -0.497. The number of methoxy groups -OCH3 is 1. The molecule has 0 radical (unpaired) electrons. The molecule has 0 saturated carbocycles. The summed E-state index contributed by atoms with van der Waals surface area (Å²) >= 11 is 13.0. The van der Waals surface area contributed by atoms with Gasteiger partial charge in [0.2, 0.25) is 0 Å². The predicted octanol–water partition coefficient (Wildman–Crippen LogP) is 5.78. The van der Waals surface area contributed by atoms with Gasteiger partial charge in [-0.25, -0.2) is 4.39 Å². The number of hydrogen-bond acceptors (Lipinski definition) is 7. The smallest absolute Gasteiger partial charge is 0.179 e. The molecule has 0 fully saturated rings. The fourth-order valence-corrected chi connectivity index (χ4v) is 3.51. The van der Waals surface area contributed by atoms with Crippen molar-refractivity contribution < 1.29 is 14.2 Å². The Kier molecular flexibility index (Phi) is 8.77. The molecule has 0 aliphatic heterocycles. The maximum atomic E-state index is 13.4. The van der Waals surface area contributed by atoms with Crippen molar-refractivity contribution in [1.82, 2.24) is 0 Å². The third-order valence-corrected chi connectivity index (χ3v) is 4.74. The van der Waals surface area contributed by atoms with Crippen molar-refractivity contribution in [2.75, 3.05) is 14.2 Å². The van der Waals surface area contributed by atoms with E-state index in [2.05, 4.69) is 10.4 Å². The molecule has 25 heavy (non-hydrogen) atoms. The van der Waals surface area contributed by atoms with Gasteiger partial charge in [0.25, 0.3) is 0 Å². The zero-order chi connectivity index (χ0) is 19.0. The molecule has 6 nitrogen and oxygen atoms in total. The molecule has 134 valence electrons. The van der Waals surface area contributed by atoms with Crippen molar-refractivity contribution in [1.29, 1.82) is 0 Å². The Hall–Kier alpha value is -1.74. The van der Waals surface area contributed by atoms with E-state index in [1.807, 2.05) is 0 Å². The third kappa shape index (κ3) is 5.12. The summed E-state index contributed by atoms with van der Waals surface area (Å²) < 4.78 is 18.4. The summed E-state index contributed by atoms with van der Waals surface area (Å²) in [7, 11) is 2.34. The average molecular weight is 407 g/mol. The van der Waals surface area contributed by atoms with Crippen molar-refractivity contribution in [3.8, 4) is 5.75 Å². The molecule has 0 saturated heterocycles. The molecule has 2 rings (SSSR count). The molecule has 0 aliphatic rings. The van der Waals surface area contributed by atoms with Gasteiger partial charge in [-0.3, -0.25) is 0 Å². The first-order valence-electron chi connectivity index (χ1n) is 6.59. The summed E-state index contributed by atoms with van der Waals surface area (Å²) in [6, 6.07) is 5.32. The highest BCUT2D eigenvalue weighted by atomic mass is 35.5. The number of benzene rings is 2. The van der Waals surface area contributed by atoms with E-state index >= 15 is 0 Å². The van der Waals surface area contributed by atoms with E-state index in [0.717, 1.165) is 24.9 Å². The Balaban J connectivity index is 0.00000151. The molecule has 0 unspecified atom stereocenters. The first kappa shape index (κ1) is 21.3. The lowest BCUT2D eigenvalue weighted by Gasteiger charge is -2.11. The van der Waals surface area contributed by atoms with E-state index in [1.165, 1.54) is 25.3 Å². The van der Waals surface area contributed by atoms with Crippen molar-refractivity contribution >= 4 is 46.3 Å². The number of rotatable bonds is 6. The number of halogens is 3. The number of hydrogen-bond donors (Lipinski definition) is 1. The number of ether oxygens (including phenoxy) is 1. The van der Waals surface area contributed by atoms with Gasteiger partial charge in [-0.15, -0.1) is 21.4 Å². The third-order valence-electron chi connectivity index (χ3n) is 2.89. The van der Waals surface area contributed by atoms with Crippen molar-refractivity contribution in [3.63, 3.8) is 0 Å². The number of alkyl halides is 1. The van der Waals surface area contributed by atoms with Gasteiger partial charge in [-0.1, -0.05) is 23.4 Å². The molecular formula is C15H13Cl2FN2O4S. The predicted molar refractivity (Wildman–Crippen MR) is 97.1 cm³/mol. The first-order chi connectivity index (χ1) is 12.0. The van der Waals surface area contributed by atoms with Crippen LogP contribution in [-0.4, -0.2) is 19.3 Å². The summed E-state index contributed by atoms with van der Waals surface area (Å²) in [5, 5.41) is 12.7. The summed E-state index contributed by atoms with van der Waals surface area (Å²) in [6.45, 7) is 0. The molecule has 1 N–H and O–H groups in total. The normalized spacial score (nSPS) is 9.84. The van der Waals surface area contributed by atoms with Gasteiger partial charge >= 0.3 is 0 Å². The van der Waals surface area contributed by atoms with Crippen molar-refractivity contribution in [3.05, 3.63) is 50.5 Å².